The molecule has 0 atom stereocenters. The predicted molar refractivity (Wildman–Crippen MR) is 94.0 cm³/mol. The van der Waals surface area contributed by atoms with E-state index >= 15 is 0 Å². The van der Waals surface area contributed by atoms with Gasteiger partial charge in [0.1, 0.15) is 0 Å². The molecule has 0 amide bonds. The van der Waals surface area contributed by atoms with E-state index in [1.807, 2.05) is 13.0 Å². The Bertz CT molecular complexity index is 538. The summed E-state index contributed by atoms with van der Waals surface area (Å²) in [6.45, 7) is 3.25. The normalized spacial score (nSPS) is 18.4. The van der Waals surface area contributed by atoms with E-state index in [2.05, 4.69) is 48.4 Å². The third kappa shape index (κ3) is 6.03. The molecular formula is C20H27NO2. The van der Waals surface area contributed by atoms with Crippen LogP contribution in [0.2, 0.25) is 0 Å². The van der Waals surface area contributed by atoms with Gasteiger partial charge in [-0.2, -0.15) is 0 Å². The second-order valence-corrected chi connectivity index (χ2v) is 6.07. The van der Waals surface area contributed by atoms with Gasteiger partial charge in [0, 0.05) is 18.7 Å². The number of ether oxygens (including phenoxy) is 1. The second-order valence-electron chi connectivity index (χ2n) is 6.07. The first-order valence-corrected chi connectivity index (χ1v) is 8.46. The predicted octanol–water partition coefficient (Wildman–Crippen LogP) is 4.11. The molecule has 0 aromatic heterocycles. The minimum absolute atomic E-state index is 0.263. The van der Waals surface area contributed by atoms with Crippen molar-refractivity contribution in [3.8, 4) is 0 Å². The van der Waals surface area contributed by atoms with Crippen LogP contribution in [0.3, 0.4) is 0 Å². The standard InChI is InChI=1S/C20H27NO2/c1-3-23-20(22)11-7-10-17-12-14-19(15-13-17)21(2)16-18-8-5-4-6-9-18/h4-11,19H,3,12-16H2,1-2H3. The van der Waals surface area contributed by atoms with Crippen molar-refractivity contribution in [1.29, 1.82) is 0 Å². The third-order valence-electron chi connectivity index (χ3n) is 4.35. The molecule has 3 nitrogen and oxygen atoms in total. The zero-order valence-corrected chi connectivity index (χ0v) is 14.2. The van der Waals surface area contributed by atoms with Gasteiger partial charge in [0.05, 0.1) is 6.61 Å². The average molecular weight is 313 g/mol. The van der Waals surface area contributed by atoms with Crippen LogP contribution in [0.15, 0.2) is 54.1 Å². The van der Waals surface area contributed by atoms with Crippen molar-refractivity contribution >= 4 is 5.97 Å². The lowest BCUT2D eigenvalue weighted by molar-refractivity contribution is -0.137. The summed E-state index contributed by atoms with van der Waals surface area (Å²) >= 11 is 0. The molecule has 0 bridgehead atoms. The summed E-state index contributed by atoms with van der Waals surface area (Å²) < 4.78 is 4.87. The monoisotopic (exact) mass is 313 g/mol. The molecule has 1 aliphatic carbocycles. The van der Waals surface area contributed by atoms with E-state index in [1.165, 1.54) is 30.1 Å². The van der Waals surface area contributed by atoms with Gasteiger partial charge in [-0.05, 0) is 45.2 Å². The maximum Gasteiger partial charge on any atom is 0.330 e. The summed E-state index contributed by atoms with van der Waals surface area (Å²) in [7, 11) is 2.22. The van der Waals surface area contributed by atoms with Gasteiger partial charge in [-0.25, -0.2) is 4.79 Å². The Balaban J connectivity index is 1.78. The molecule has 124 valence electrons. The van der Waals surface area contributed by atoms with Crippen molar-refractivity contribution in [1.82, 2.24) is 4.90 Å². The largest absolute Gasteiger partial charge is 0.463 e. The highest BCUT2D eigenvalue weighted by atomic mass is 16.5. The lowest BCUT2D eigenvalue weighted by atomic mass is 9.89. The molecule has 23 heavy (non-hydrogen) atoms. The molecule has 1 fully saturated rings. The Kier molecular flexibility index (Phi) is 7.08. The molecule has 3 heteroatoms. The van der Waals surface area contributed by atoms with Crippen LogP contribution >= 0.6 is 0 Å². The number of hydrogen-bond acceptors (Lipinski definition) is 3. The molecule has 1 aromatic carbocycles. The zero-order valence-electron chi connectivity index (χ0n) is 14.2. The SMILES string of the molecule is CCOC(=O)C=CC=C1CCC(N(C)Cc2ccccc2)CC1. The van der Waals surface area contributed by atoms with Crippen LogP contribution in [-0.2, 0) is 16.1 Å². The van der Waals surface area contributed by atoms with E-state index in [0.717, 1.165) is 19.4 Å². The summed E-state index contributed by atoms with van der Waals surface area (Å²) in [5.74, 6) is -0.263. The number of benzene rings is 1. The molecule has 1 saturated carbocycles. The van der Waals surface area contributed by atoms with E-state index in [0.29, 0.717) is 12.6 Å². The highest BCUT2D eigenvalue weighted by molar-refractivity contribution is 5.82. The highest BCUT2D eigenvalue weighted by Crippen LogP contribution is 2.27. The van der Waals surface area contributed by atoms with Crippen molar-refractivity contribution in [2.75, 3.05) is 13.7 Å². The fraction of sp³-hybridized carbons (Fsp3) is 0.450. The first-order valence-electron chi connectivity index (χ1n) is 8.46. The molecule has 1 aromatic rings. The van der Waals surface area contributed by atoms with Crippen molar-refractivity contribution < 1.29 is 9.53 Å². The average Bonchev–Trinajstić information content (AvgIpc) is 2.56. The molecule has 0 saturated heterocycles. The lowest BCUT2D eigenvalue weighted by Crippen LogP contribution is -2.33. The molecule has 0 heterocycles. The van der Waals surface area contributed by atoms with Crippen molar-refractivity contribution in [3.05, 3.63) is 59.7 Å². The second kappa shape index (κ2) is 9.31. The number of allylic oxidation sites excluding steroid dienone is 3. The van der Waals surface area contributed by atoms with E-state index in [-0.39, 0.29) is 5.97 Å². The van der Waals surface area contributed by atoms with Gasteiger partial charge < -0.3 is 4.74 Å². The summed E-state index contributed by atoms with van der Waals surface area (Å²) in [6.07, 6.45) is 9.98. The lowest BCUT2D eigenvalue weighted by Gasteiger charge is -2.32. The number of esters is 1. The van der Waals surface area contributed by atoms with E-state index < -0.39 is 0 Å². The Morgan fingerprint density at radius 1 is 1.26 bits per heavy atom. The number of carbonyl (C=O) groups is 1. The minimum atomic E-state index is -0.263. The molecule has 0 aliphatic heterocycles. The van der Waals surface area contributed by atoms with Gasteiger partial charge in [0.25, 0.3) is 0 Å². The highest BCUT2D eigenvalue weighted by Gasteiger charge is 2.20. The number of hydrogen-bond donors (Lipinski definition) is 0. The summed E-state index contributed by atoms with van der Waals surface area (Å²) in [5, 5.41) is 0. The van der Waals surface area contributed by atoms with E-state index in [4.69, 9.17) is 4.74 Å². The molecule has 0 radical (unpaired) electrons. The summed E-state index contributed by atoms with van der Waals surface area (Å²) in [6, 6.07) is 11.3. The maximum absolute atomic E-state index is 11.3. The Hall–Kier alpha value is -1.87. The number of carbonyl (C=O) groups excluding carboxylic acids is 1. The first-order chi connectivity index (χ1) is 11.2. The third-order valence-corrected chi connectivity index (χ3v) is 4.35. The van der Waals surface area contributed by atoms with Crippen LogP contribution in [0.1, 0.15) is 38.2 Å². The Morgan fingerprint density at radius 3 is 2.61 bits per heavy atom. The molecule has 0 unspecified atom stereocenters. The first kappa shape index (κ1) is 17.5. The smallest absolute Gasteiger partial charge is 0.330 e. The fourth-order valence-corrected chi connectivity index (χ4v) is 3.03. The van der Waals surface area contributed by atoms with Crippen LogP contribution in [0.25, 0.3) is 0 Å². The van der Waals surface area contributed by atoms with Crippen LogP contribution < -0.4 is 0 Å². The van der Waals surface area contributed by atoms with Gasteiger partial charge in [-0.3, -0.25) is 4.90 Å². The van der Waals surface area contributed by atoms with Gasteiger partial charge in [-0.15, -0.1) is 0 Å². The summed E-state index contributed by atoms with van der Waals surface area (Å²) in [4.78, 5) is 13.7. The summed E-state index contributed by atoms with van der Waals surface area (Å²) in [5.41, 5.74) is 2.80. The van der Waals surface area contributed by atoms with Gasteiger partial charge in [-0.1, -0.05) is 48.1 Å². The van der Waals surface area contributed by atoms with Gasteiger partial charge in [0.2, 0.25) is 0 Å². The van der Waals surface area contributed by atoms with Crippen LogP contribution in [0, 0.1) is 0 Å². The quantitative estimate of drug-likeness (QED) is 0.585. The van der Waals surface area contributed by atoms with Crippen molar-refractivity contribution in [3.63, 3.8) is 0 Å². The van der Waals surface area contributed by atoms with Crippen molar-refractivity contribution in [2.24, 2.45) is 0 Å². The van der Waals surface area contributed by atoms with Crippen molar-refractivity contribution in [2.45, 2.75) is 45.2 Å². The molecule has 2 rings (SSSR count). The number of rotatable bonds is 6. The maximum atomic E-state index is 11.3. The van der Waals surface area contributed by atoms with E-state index in [1.54, 1.807) is 0 Å². The molecule has 0 N–H and O–H groups in total. The van der Waals surface area contributed by atoms with Gasteiger partial charge >= 0.3 is 5.97 Å². The molecule has 1 aliphatic rings. The topological polar surface area (TPSA) is 29.5 Å². The fourth-order valence-electron chi connectivity index (χ4n) is 3.03. The number of nitrogens with zero attached hydrogens (tertiary/aromatic N) is 1. The minimum Gasteiger partial charge on any atom is -0.463 e. The zero-order chi connectivity index (χ0) is 16.5. The van der Waals surface area contributed by atoms with Gasteiger partial charge in [0.15, 0.2) is 0 Å². The van der Waals surface area contributed by atoms with Crippen LogP contribution in [0.4, 0.5) is 0 Å². The Morgan fingerprint density at radius 2 is 1.96 bits per heavy atom. The van der Waals surface area contributed by atoms with Crippen LogP contribution in [0.5, 0.6) is 0 Å². The molecule has 0 spiro atoms. The molecular weight excluding hydrogens is 286 g/mol. The van der Waals surface area contributed by atoms with E-state index in [9.17, 15) is 4.79 Å². The van der Waals surface area contributed by atoms with Crippen LogP contribution in [-0.4, -0.2) is 30.6 Å². The Labute approximate surface area is 139 Å².